The summed E-state index contributed by atoms with van der Waals surface area (Å²) in [6.07, 6.45) is 0. The molecule has 108 valence electrons. The van der Waals surface area contributed by atoms with E-state index in [0.29, 0.717) is 10.6 Å². The minimum absolute atomic E-state index is 0.501. The fourth-order valence-corrected chi connectivity index (χ4v) is 7.09. The number of halogens is 3. The van der Waals surface area contributed by atoms with Crippen LogP contribution in [-0.4, -0.2) is 11.9 Å². The molecular formula is C11H9Cl3O3P2S. The summed E-state index contributed by atoms with van der Waals surface area (Å²) < 4.78 is 18.6. The second kappa shape index (κ2) is 6.62. The van der Waals surface area contributed by atoms with Crippen LogP contribution in [0.15, 0.2) is 23.6 Å². The fourth-order valence-electron chi connectivity index (χ4n) is 1.91. The van der Waals surface area contributed by atoms with Crippen molar-refractivity contribution in [3.05, 3.63) is 34.2 Å². The van der Waals surface area contributed by atoms with Gasteiger partial charge in [-0.2, -0.15) is 0 Å². The molecule has 0 spiro atoms. The van der Waals surface area contributed by atoms with Crippen LogP contribution in [0.3, 0.4) is 0 Å². The first-order valence-electron chi connectivity index (χ1n) is 5.34. The molecule has 1 aromatic heterocycles. The largest absolute Gasteiger partial charge is 0.292 e. The van der Waals surface area contributed by atoms with Crippen molar-refractivity contribution in [2.45, 2.75) is 5.66 Å². The molecule has 9 heteroatoms. The van der Waals surface area contributed by atoms with Crippen molar-refractivity contribution in [3.8, 4) is 0 Å². The topological polar surface area (TPSA) is 43.4 Å². The Kier molecular flexibility index (Phi) is 5.53. The Morgan fingerprint density at radius 3 is 2.80 bits per heavy atom. The van der Waals surface area contributed by atoms with Crippen molar-refractivity contribution in [1.82, 2.24) is 0 Å². The Bertz CT molecular complexity index is 703. The summed E-state index contributed by atoms with van der Waals surface area (Å²) >= 11 is 18.5. The molecule has 3 unspecified atom stereocenters. The number of thiophene rings is 1. The average Bonchev–Trinajstić information content (AvgIpc) is 2.71. The standard InChI is InChI=1S/C11H9Cl3O3P2S/c1-19(16,17-18-14)10(11(13)15)8-5-20-9-3-2-6(12)4-7(8)9/h2-5,10,18H,1H3. The fraction of sp³-hybridized carbons (Fsp3) is 0.182. The van der Waals surface area contributed by atoms with E-state index in [0.717, 1.165) is 10.1 Å². The molecule has 20 heavy (non-hydrogen) atoms. The van der Waals surface area contributed by atoms with Gasteiger partial charge in [0.15, 0.2) is 0 Å². The van der Waals surface area contributed by atoms with Gasteiger partial charge in [0, 0.05) is 16.4 Å². The summed E-state index contributed by atoms with van der Waals surface area (Å²) in [4.78, 5) is 11.7. The van der Waals surface area contributed by atoms with E-state index in [1.165, 1.54) is 18.0 Å². The highest BCUT2D eigenvalue weighted by Crippen LogP contribution is 2.63. The molecule has 0 fully saturated rings. The van der Waals surface area contributed by atoms with Gasteiger partial charge in [-0.15, -0.1) is 11.3 Å². The first-order valence-corrected chi connectivity index (χ1v) is 11.0. The van der Waals surface area contributed by atoms with Gasteiger partial charge in [0.25, 0.3) is 0 Å². The number of rotatable bonds is 5. The summed E-state index contributed by atoms with van der Waals surface area (Å²) in [5.74, 6) is 0. The van der Waals surface area contributed by atoms with E-state index in [1.807, 2.05) is 6.07 Å². The smallest absolute Gasteiger partial charge is 0.238 e. The number of benzene rings is 1. The van der Waals surface area contributed by atoms with Crippen LogP contribution in [-0.2, 0) is 13.7 Å². The zero-order valence-electron chi connectivity index (χ0n) is 10.1. The highest BCUT2D eigenvalue weighted by Gasteiger charge is 2.37. The van der Waals surface area contributed by atoms with Gasteiger partial charge in [-0.25, -0.2) is 0 Å². The van der Waals surface area contributed by atoms with Gasteiger partial charge in [-0.05, 0) is 46.1 Å². The van der Waals surface area contributed by atoms with Crippen molar-refractivity contribution >= 4 is 76.6 Å². The first-order chi connectivity index (χ1) is 9.36. The number of carbonyl (C=O) groups excluding carboxylic acids is 1. The normalized spacial score (nSPS) is 16.6. The molecule has 0 N–H and O–H groups in total. The maximum atomic E-state index is 12.5. The van der Waals surface area contributed by atoms with E-state index in [1.54, 1.807) is 17.5 Å². The number of hydrogen-bond donors (Lipinski definition) is 0. The third kappa shape index (κ3) is 3.39. The van der Waals surface area contributed by atoms with Crippen LogP contribution in [0.2, 0.25) is 5.02 Å². The maximum Gasteiger partial charge on any atom is 0.238 e. The van der Waals surface area contributed by atoms with Crippen LogP contribution >= 0.6 is 61.3 Å². The Morgan fingerprint density at radius 2 is 2.20 bits per heavy atom. The molecule has 0 aliphatic carbocycles. The van der Waals surface area contributed by atoms with Gasteiger partial charge >= 0.3 is 0 Å². The highest BCUT2D eigenvalue weighted by atomic mass is 35.7. The van der Waals surface area contributed by atoms with Gasteiger partial charge in [-0.1, -0.05) is 22.8 Å². The molecule has 1 aromatic carbocycles. The van der Waals surface area contributed by atoms with E-state index < -0.39 is 26.4 Å². The lowest BCUT2D eigenvalue weighted by atomic mass is 10.1. The summed E-state index contributed by atoms with van der Waals surface area (Å²) in [7, 11) is -3.81. The van der Waals surface area contributed by atoms with Crippen molar-refractivity contribution in [2.75, 3.05) is 6.66 Å². The molecule has 3 atom stereocenters. The van der Waals surface area contributed by atoms with Crippen LogP contribution in [0, 0.1) is 0 Å². The van der Waals surface area contributed by atoms with Gasteiger partial charge in [-0.3, -0.25) is 13.7 Å². The number of carbonyl (C=O) groups is 1. The zero-order chi connectivity index (χ0) is 14.9. The number of hydrogen-bond acceptors (Lipinski definition) is 4. The van der Waals surface area contributed by atoms with Crippen molar-refractivity contribution in [3.63, 3.8) is 0 Å². The Labute approximate surface area is 136 Å². The highest BCUT2D eigenvalue weighted by molar-refractivity contribution is 7.74. The lowest BCUT2D eigenvalue weighted by molar-refractivity contribution is -0.111. The van der Waals surface area contributed by atoms with E-state index in [4.69, 9.17) is 38.8 Å². The lowest BCUT2D eigenvalue weighted by Crippen LogP contribution is -2.07. The average molecular weight is 390 g/mol. The van der Waals surface area contributed by atoms with Crippen molar-refractivity contribution in [1.29, 1.82) is 0 Å². The molecule has 2 aromatic rings. The number of fused-ring (bicyclic) bond motifs is 1. The molecule has 0 saturated heterocycles. The quantitative estimate of drug-likeness (QED) is 0.463. The molecule has 0 amide bonds. The molecule has 0 radical (unpaired) electrons. The van der Waals surface area contributed by atoms with E-state index in [2.05, 4.69) is 0 Å². The van der Waals surface area contributed by atoms with Crippen molar-refractivity contribution < 1.29 is 13.7 Å². The summed E-state index contributed by atoms with van der Waals surface area (Å²) in [6.45, 7) is 1.36. The molecule has 0 aliphatic rings. The van der Waals surface area contributed by atoms with E-state index >= 15 is 0 Å². The SMILES string of the molecule is CP(=O)(OPCl)C(C(=O)Cl)c1csc2ccc(Cl)cc12. The van der Waals surface area contributed by atoms with Crippen LogP contribution in [0.5, 0.6) is 0 Å². The molecule has 2 rings (SSSR count). The van der Waals surface area contributed by atoms with Gasteiger partial charge in [0.2, 0.25) is 12.6 Å². The summed E-state index contributed by atoms with van der Waals surface area (Å²) in [5.41, 5.74) is -0.476. The molecule has 0 bridgehead atoms. The second-order valence-electron chi connectivity index (χ2n) is 4.12. The van der Waals surface area contributed by atoms with E-state index in [9.17, 15) is 9.36 Å². The summed E-state index contributed by atoms with van der Waals surface area (Å²) in [6, 6.07) is 5.31. The Hall–Kier alpha value is 0.340. The van der Waals surface area contributed by atoms with Crippen molar-refractivity contribution in [2.24, 2.45) is 0 Å². The van der Waals surface area contributed by atoms with Crippen LogP contribution in [0.25, 0.3) is 10.1 Å². The predicted octanol–water partition coefficient (Wildman–Crippen LogP) is 6.03. The molecule has 0 saturated carbocycles. The van der Waals surface area contributed by atoms with Crippen LogP contribution in [0.4, 0.5) is 0 Å². The van der Waals surface area contributed by atoms with Gasteiger partial charge in [0.1, 0.15) is 13.8 Å². The zero-order valence-corrected chi connectivity index (χ0v) is 15.1. The first kappa shape index (κ1) is 16.7. The van der Waals surface area contributed by atoms with Crippen LogP contribution < -0.4 is 0 Å². The molecule has 3 nitrogen and oxygen atoms in total. The van der Waals surface area contributed by atoms with E-state index in [-0.39, 0.29) is 0 Å². The maximum absolute atomic E-state index is 12.5. The Morgan fingerprint density at radius 1 is 1.50 bits per heavy atom. The Balaban J connectivity index is 2.61. The van der Waals surface area contributed by atoms with Gasteiger partial charge in [0.05, 0.1) is 0 Å². The molecule has 1 heterocycles. The third-order valence-corrected chi connectivity index (χ3v) is 8.14. The van der Waals surface area contributed by atoms with Crippen LogP contribution in [0.1, 0.15) is 11.2 Å². The third-order valence-electron chi connectivity index (χ3n) is 2.76. The predicted molar refractivity (Wildman–Crippen MR) is 89.2 cm³/mol. The van der Waals surface area contributed by atoms with Gasteiger partial charge < -0.3 is 0 Å². The minimum atomic E-state index is -3.30. The minimum Gasteiger partial charge on any atom is -0.292 e. The lowest BCUT2D eigenvalue weighted by Gasteiger charge is -2.19. The monoisotopic (exact) mass is 388 g/mol. The molecular weight excluding hydrogens is 380 g/mol. The summed E-state index contributed by atoms with van der Waals surface area (Å²) in [5, 5.41) is 2.31. The second-order valence-corrected chi connectivity index (χ2v) is 9.52. The molecule has 0 aliphatic heterocycles.